The number of morpholine rings is 1. The van der Waals surface area contributed by atoms with E-state index in [1.807, 2.05) is 18.7 Å². The molecular formula is C21H30N4O4S. The SMILES string of the molecule is CC(C)Cc1cnc2c(c1SCC(=O)N1CC(C)OC(C)C1)c(=O)n(C)c(=O)n2C. The molecule has 0 aliphatic carbocycles. The molecule has 2 aromatic heterocycles. The van der Waals surface area contributed by atoms with Crippen molar-refractivity contribution in [3.8, 4) is 0 Å². The number of hydrogen-bond acceptors (Lipinski definition) is 6. The minimum atomic E-state index is -0.417. The van der Waals surface area contributed by atoms with Gasteiger partial charge in [-0.3, -0.25) is 18.7 Å². The van der Waals surface area contributed by atoms with E-state index in [-0.39, 0.29) is 29.4 Å². The Labute approximate surface area is 180 Å². The minimum Gasteiger partial charge on any atom is -0.372 e. The zero-order valence-electron chi connectivity index (χ0n) is 18.5. The second kappa shape index (κ2) is 8.93. The van der Waals surface area contributed by atoms with Gasteiger partial charge in [-0.25, -0.2) is 9.78 Å². The van der Waals surface area contributed by atoms with Gasteiger partial charge in [0.2, 0.25) is 5.91 Å². The molecule has 3 rings (SSSR count). The molecule has 1 saturated heterocycles. The van der Waals surface area contributed by atoms with Gasteiger partial charge < -0.3 is 9.64 Å². The van der Waals surface area contributed by atoms with Crippen LogP contribution in [0.15, 0.2) is 20.7 Å². The predicted octanol–water partition coefficient (Wildman–Crippen LogP) is 1.56. The molecule has 0 saturated carbocycles. The lowest BCUT2D eigenvalue weighted by Gasteiger charge is -2.35. The summed E-state index contributed by atoms with van der Waals surface area (Å²) in [6, 6.07) is 0. The second-order valence-electron chi connectivity index (χ2n) is 8.46. The third kappa shape index (κ3) is 4.46. The quantitative estimate of drug-likeness (QED) is 0.664. The van der Waals surface area contributed by atoms with Gasteiger partial charge in [-0.05, 0) is 31.7 Å². The first-order valence-electron chi connectivity index (χ1n) is 10.2. The summed E-state index contributed by atoms with van der Waals surface area (Å²) in [5, 5.41) is 0.402. The first-order valence-corrected chi connectivity index (χ1v) is 11.2. The Hall–Kier alpha value is -2.13. The van der Waals surface area contributed by atoms with Crippen LogP contribution in [0, 0.1) is 5.92 Å². The molecule has 1 aliphatic rings. The number of aromatic nitrogens is 3. The molecule has 2 aromatic rings. The fraction of sp³-hybridized carbons (Fsp3) is 0.619. The lowest BCUT2D eigenvalue weighted by Crippen LogP contribution is -2.48. The number of carbonyl (C=O) groups is 1. The number of carbonyl (C=O) groups excluding carboxylic acids is 1. The van der Waals surface area contributed by atoms with E-state index in [9.17, 15) is 14.4 Å². The lowest BCUT2D eigenvalue weighted by atomic mass is 10.0. The van der Waals surface area contributed by atoms with E-state index >= 15 is 0 Å². The van der Waals surface area contributed by atoms with Crippen molar-refractivity contribution in [1.82, 2.24) is 19.0 Å². The van der Waals surface area contributed by atoms with Crippen LogP contribution in [0.25, 0.3) is 11.0 Å². The van der Waals surface area contributed by atoms with Crippen LogP contribution >= 0.6 is 11.8 Å². The molecule has 1 aliphatic heterocycles. The van der Waals surface area contributed by atoms with E-state index < -0.39 is 5.69 Å². The molecular weight excluding hydrogens is 404 g/mol. The van der Waals surface area contributed by atoms with E-state index in [2.05, 4.69) is 18.8 Å². The number of nitrogens with zero attached hydrogens (tertiary/aromatic N) is 4. The average molecular weight is 435 g/mol. The molecule has 9 heteroatoms. The molecule has 0 radical (unpaired) electrons. The molecule has 8 nitrogen and oxygen atoms in total. The van der Waals surface area contributed by atoms with E-state index in [0.717, 1.165) is 21.4 Å². The Kier molecular flexibility index (Phi) is 6.71. The van der Waals surface area contributed by atoms with Gasteiger partial charge in [0.1, 0.15) is 5.65 Å². The van der Waals surface area contributed by atoms with Gasteiger partial charge in [-0.1, -0.05) is 13.8 Å². The third-order valence-corrected chi connectivity index (χ3v) is 6.38. The average Bonchev–Trinajstić information content (AvgIpc) is 2.67. The molecule has 0 aromatic carbocycles. The number of rotatable bonds is 5. The van der Waals surface area contributed by atoms with Crippen LogP contribution in [0.5, 0.6) is 0 Å². The zero-order valence-corrected chi connectivity index (χ0v) is 19.3. The number of ether oxygens (including phenoxy) is 1. The summed E-state index contributed by atoms with van der Waals surface area (Å²) in [5.41, 5.74) is 0.476. The topological polar surface area (TPSA) is 86.4 Å². The summed E-state index contributed by atoms with van der Waals surface area (Å²) in [6.45, 7) is 9.25. The van der Waals surface area contributed by atoms with Gasteiger partial charge in [-0.15, -0.1) is 11.8 Å². The molecule has 2 atom stereocenters. The first-order chi connectivity index (χ1) is 14.1. The maximum atomic E-state index is 13.0. The number of fused-ring (bicyclic) bond motifs is 1. The summed E-state index contributed by atoms with van der Waals surface area (Å²) < 4.78 is 8.20. The number of pyridine rings is 1. The van der Waals surface area contributed by atoms with Crippen molar-refractivity contribution in [2.75, 3.05) is 18.8 Å². The molecule has 0 N–H and O–H groups in total. The lowest BCUT2D eigenvalue weighted by molar-refractivity contribution is -0.140. The Morgan fingerprint density at radius 3 is 2.43 bits per heavy atom. The van der Waals surface area contributed by atoms with Crippen molar-refractivity contribution in [2.24, 2.45) is 20.0 Å². The Morgan fingerprint density at radius 2 is 1.83 bits per heavy atom. The molecule has 2 unspecified atom stereocenters. The summed E-state index contributed by atoms with van der Waals surface area (Å²) in [4.78, 5) is 45.2. The largest absolute Gasteiger partial charge is 0.372 e. The number of amides is 1. The van der Waals surface area contributed by atoms with Gasteiger partial charge >= 0.3 is 5.69 Å². The minimum absolute atomic E-state index is 0.00257. The highest BCUT2D eigenvalue weighted by atomic mass is 32.2. The number of hydrogen-bond donors (Lipinski definition) is 0. The van der Waals surface area contributed by atoms with E-state index in [4.69, 9.17) is 4.74 Å². The van der Waals surface area contributed by atoms with Crippen LogP contribution in [0.4, 0.5) is 0 Å². The number of aryl methyl sites for hydroxylation is 1. The predicted molar refractivity (Wildman–Crippen MR) is 118 cm³/mol. The van der Waals surface area contributed by atoms with E-state index in [1.165, 1.54) is 23.4 Å². The second-order valence-corrected chi connectivity index (χ2v) is 9.45. The molecule has 3 heterocycles. The zero-order chi connectivity index (χ0) is 22.2. The summed E-state index contributed by atoms with van der Waals surface area (Å²) in [7, 11) is 3.07. The van der Waals surface area contributed by atoms with Crippen LogP contribution < -0.4 is 11.2 Å². The van der Waals surface area contributed by atoms with Crippen molar-refractivity contribution in [3.05, 3.63) is 32.6 Å². The Balaban J connectivity index is 2.01. The third-order valence-electron chi connectivity index (χ3n) is 5.24. The summed E-state index contributed by atoms with van der Waals surface area (Å²) >= 11 is 1.36. The van der Waals surface area contributed by atoms with Gasteiger partial charge in [0, 0.05) is 38.3 Å². The smallest absolute Gasteiger partial charge is 0.332 e. The standard InChI is InChI=1S/C21H30N4O4S/c1-12(2)7-15-8-22-19-17(20(27)24(6)21(28)23(19)5)18(15)30-11-16(26)25-9-13(3)29-14(4)10-25/h8,12-14H,7,9-11H2,1-6H3. The van der Waals surface area contributed by atoms with Crippen LogP contribution in [0.1, 0.15) is 33.3 Å². The monoisotopic (exact) mass is 434 g/mol. The fourth-order valence-electron chi connectivity index (χ4n) is 3.90. The molecule has 0 bridgehead atoms. The van der Waals surface area contributed by atoms with Crippen molar-refractivity contribution in [2.45, 2.75) is 51.2 Å². The Bertz CT molecular complexity index is 1070. The van der Waals surface area contributed by atoms with Crippen molar-refractivity contribution >= 4 is 28.7 Å². The van der Waals surface area contributed by atoms with Crippen molar-refractivity contribution in [3.63, 3.8) is 0 Å². The summed E-state index contributed by atoms with van der Waals surface area (Å²) in [6.07, 6.45) is 2.47. The summed E-state index contributed by atoms with van der Waals surface area (Å²) in [5.74, 6) is 0.594. The highest BCUT2D eigenvalue weighted by molar-refractivity contribution is 8.00. The van der Waals surface area contributed by atoms with Crippen molar-refractivity contribution < 1.29 is 9.53 Å². The molecule has 1 fully saturated rings. The number of thioether (sulfide) groups is 1. The van der Waals surface area contributed by atoms with Gasteiger partial charge in [0.05, 0.1) is 23.3 Å². The molecule has 164 valence electrons. The van der Waals surface area contributed by atoms with Crippen LogP contribution in [-0.2, 0) is 30.0 Å². The van der Waals surface area contributed by atoms with Crippen molar-refractivity contribution in [1.29, 1.82) is 0 Å². The van der Waals surface area contributed by atoms with Gasteiger partial charge in [0.25, 0.3) is 5.56 Å². The van der Waals surface area contributed by atoms with E-state index in [1.54, 1.807) is 13.2 Å². The molecule has 1 amide bonds. The van der Waals surface area contributed by atoms with Crippen LogP contribution in [0.3, 0.4) is 0 Å². The highest BCUT2D eigenvalue weighted by Gasteiger charge is 2.26. The van der Waals surface area contributed by atoms with Crippen LogP contribution in [0.2, 0.25) is 0 Å². The Morgan fingerprint density at radius 1 is 1.20 bits per heavy atom. The van der Waals surface area contributed by atoms with E-state index in [0.29, 0.717) is 30.0 Å². The van der Waals surface area contributed by atoms with Crippen LogP contribution in [-0.4, -0.2) is 56.0 Å². The maximum Gasteiger partial charge on any atom is 0.332 e. The van der Waals surface area contributed by atoms with Gasteiger partial charge in [-0.2, -0.15) is 0 Å². The maximum absolute atomic E-state index is 13.0. The van der Waals surface area contributed by atoms with Gasteiger partial charge in [0.15, 0.2) is 0 Å². The highest BCUT2D eigenvalue weighted by Crippen LogP contribution is 2.30. The normalized spacial score (nSPS) is 19.6. The first kappa shape index (κ1) is 22.6. The fourth-order valence-corrected chi connectivity index (χ4v) is 4.99. The molecule has 30 heavy (non-hydrogen) atoms. The molecule has 0 spiro atoms.